The van der Waals surface area contributed by atoms with Crippen molar-refractivity contribution in [3.05, 3.63) is 0 Å². The van der Waals surface area contributed by atoms with E-state index in [1.54, 1.807) is 7.11 Å². The molecule has 0 aromatic heterocycles. The molecular weight excluding hydrogens is 206 g/mol. The molecule has 4 heteroatoms. The molecule has 0 amide bonds. The third-order valence-corrected chi connectivity index (χ3v) is 2.70. The van der Waals surface area contributed by atoms with E-state index in [1.165, 1.54) is 12.8 Å². The van der Waals surface area contributed by atoms with Crippen LogP contribution in [0, 0.1) is 0 Å². The van der Waals surface area contributed by atoms with E-state index >= 15 is 0 Å². The predicted molar refractivity (Wildman–Crippen MR) is 63.8 cm³/mol. The van der Waals surface area contributed by atoms with Gasteiger partial charge in [0.2, 0.25) is 0 Å². The van der Waals surface area contributed by atoms with Crippen molar-refractivity contribution in [1.82, 2.24) is 5.32 Å². The van der Waals surface area contributed by atoms with E-state index in [2.05, 4.69) is 5.32 Å². The summed E-state index contributed by atoms with van der Waals surface area (Å²) in [4.78, 5) is 0. The fourth-order valence-corrected chi connectivity index (χ4v) is 1.75. The van der Waals surface area contributed by atoms with Crippen molar-refractivity contribution >= 4 is 0 Å². The Kier molecular flexibility index (Phi) is 8.71. The molecule has 0 radical (unpaired) electrons. The summed E-state index contributed by atoms with van der Waals surface area (Å²) in [6.07, 6.45) is 5.05. The molecule has 0 saturated carbocycles. The maximum absolute atomic E-state index is 5.58. The standard InChI is InChI=1S/C12H25NO3/c1-14-10-7-13-6-4-8-15-11-12-5-2-3-9-16-12/h12-13H,2-11H2,1H3. The van der Waals surface area contributed by atoms with Crippen LogP contribution in [0.25, 0.3) is 0 Å². The van der Waals surface area contributed by atoms with Crippen LogP contribution in [0.3, 0.4) is 0 Å². The smallest absolute Gasteiger partial charge is 0.0808 e. The van der Waals surface area contributed by atoms with Crippen LogP contribution in [0.1, 0.15) is 25.7 Å². The maximum atomic E-state index is 5.58. The quantitative estimate of drug-likeness (QED) is 0.605. The van der Waals surface area contributed by atoms with Crippen molar-refractivity contribution in [1.29, 1.82) is 0 Å². The van der Waals surface area contributed by atoms with Crippen LogP contribution in [-0.2, 0) is 14.2 Å². The molecule has 1 aliphatic rings. The van der Waals surface area contributed by atoms with E-state index in [4.69, 9.17) is 14.2 Å². The minimum Gasteiger partial charge on any atom is -0.383 e. The van der Waals surface area contributed by atoms with E-state index in [0.29, 0.717) is 6.10 Å². The van der Waals surface area contributed by atoms with Gasteiger partial charge in [0.25, 0.3) is 0 Å². The van der Waals surface area contributed by atoms with Crippen molar-refractivity contribution in [2.75, 3.05) is 46.6 Å². The lowest BCUT2D eigenvalue weighted by Crippen LogP contribution is -2.25. The van der Waals surface area contributed by atoms with Crippen molar-refractivity contribution in [2.45, 2.75) is 31.8 Å². The molecule has 4 nitrogen and oxygen atoms in total. The van der Waals surface area contributed by atoms with Crippen molar-refractivity contribution in [2.24, 2.45) is 0 Å². The van der Waals surface area contributed by atoms with Gasteiger partial charge in [0.1, 0.15) is 0 Å². The molecule has 1 saturated heterocycles. The Balaban J connectivity index is 1.77. The largest absolute Gasteiger partial charge is 0.383 e. The van der Waals surface area contributed by atoms with Crippen LogP contribution in [0.4, 0.5) is 0 Å². The first-order chi connectivity index (χ1) is 7.93. The van der Waals surface area contributed by atoms with Gasteiger partial charge >= 0.3 is 0 Å². The molecule has 0 bridgehead atoms. The normalized spacial score (nSPS) is 21.2. The van der Waals surface area contributed by atoms with Gasteiger partial charge in [-0.3, -0.25) is 0 Å². The minimum absolute atomic E-state index is 0.343. The van der Waals surface area contributed by atoms with Crippen LogP contribution in [0.15, 0.2) is 0 Å². The molecule has 0 aromatic rings. The van der Waals surface area contributed by atoms with Crippen LogP contribution >= 0.6 is 0 Å². The summed E-state index contributed by atoms with van der Waals surface area (Å²) in [6, 6.07) is 0. The fourth-order valence-electron chi connectivity index (χ4n) is 1.75. The van der Waals surface area contributed by atoms with E-state index in [9.17, 15) is 0 Å². The number of rotatable bonds is 9. The Morgan fingerprint density at radius 1 is 1.25 bits per heavy atom. The Labute approximate surface area is 98.6 Å². The van der Waals surface area contributed by atoms with Gasteiger partial charge in [0, 0.05) is 26.9 Å². The highest BCUT2D eigenvalue weighted by Crippen LogP contribution is 2.12. The van der Waals surface area contributed by atoms with E-state index < -0.39 is 0 Å². The molecular formula is C12H25NO3. The molecule has 1 fully saturated rings. The second kappa shape index (κ2) is 10.0. The first-order valence-electron chi connectivity index (χ1n) is 6.32. The summed E-state index contributed by atoms with van der Waals surface area (Å²) in [7, 11) is 1.72. The Hall–Kier alpha value is -0.160. The molecule has 0 spiro atoms. The Morgan fingerprint density at radius 2 is 2.19 bits per heavy atom. The highest BCUT2D eigenvalue weighted by molar-refractivity contribution is 4.62. The summed E-state index contributed by atoms with van der Waals surface area (Å²) < 4.78 is 16.1. The SMILES string of the molecule is COCCNCCCOCC1CCCCO1. The monoisotopic (exact) mass is 231 g/mol. The predicted octanol–water partition coefficient (Wildman–Crippen LogP) is 1.20. The lowest BCUT2D eigenvalue weighted by Gasteiger charge is -2.22. The molecule has 0 aromatic carbocycles. The molecule has 1 unspecified atom stereocenters. The van der Waals surface area contributed by atoms with E-state index in [0.717, 1.165) is 52.4 Å². The average Bonchev–Trinajstić information content (AvgIpc) is 2.34. The lowest BCUT2D eigenvalue weighted by atomic mass is 10.1. The molecule has 1 aliphatic heterocycles. The van der Waals surface area contributed by atoms with Crippen LogP contribution in [0.5, 0.6) is 0 Å². The van der Waals surface area contributed by atoms with Gasteiger partial charge in [-0.15, -0.1) is 0 Å². The summed E-state index contributed by atoms with van der Waals surface area (Å²) in [5.41, 5.74) is 0. The molecule has 0 aliphatic carbocycles. The van der Waals surface area contributed by atoms with Gasteiger partial charge in [-0.05, 0) is 32.2 Å². The lowest BCUT2D eigenvalue weighted by molar-refractivity contribution is -0.0408. The zero-order valence-electron chi connectivity index (χ0n) is 10.4. The molecule has 96 valence electrons. The number of nitrogens with one attached hydrogen (secondary N) is 1. The average molecular weight is 231 g/mol. The third kappa shape index (κ3) is 7.17. The zero-order valence-corrected chi connectivity index (χ0v) is 10.4. The van der Waals surface area contributed by atoms with Crippen molar-refractivity contribution in [3.63, 3.8) is 0 Å². The Morgan fingerprint density at radius 3 is 2.94 bits per heavy atom. The highest BCUT2D eigenvalue weighted by Gasteiger charge is 2.13. The summed E-state index contributed by atoms with van der Waals surface area (Å²) in [6.45, 7) is 5.18. The number of hydrogen-bond donors (Lipinski definition) is 1. The minimum atomic E-state index is 0.343. The second-order valence-corrected chi connectivity index (χ2v) is 4.16. The van der Waals surface area contributed by atoms with Crippen LogP contribution < -0.4 is 5.32 Å². The van der Waals surface area contributed by atoms with Gasteiger partial charge in [-0.2, -0.15) is 0 Å². The number of methoxy groups -OCH3 is 1. The summed E-state index contributed by atoms with van der Waals surface area (Å²) >= 11 is 0. The first kappa shape index (κ1) is 13.9. The molecule has 16 heavy (non-hydrogen) atoms. The number of ether oxygens (including phenoxy) is 3. The molecule has 1 N–H and O–H groups in total. The van der Waals surface area contributed by atoms with E-state index in [-0.39, 0.29) is 0 Å². The van der Waals surface area contributed by atoms with Gasteiger partial charge < -0.3 is 19.5 Å². The molecule has 1 heterocycles. The highest BCUT2D eigenvalue weighted by atomic mass is 16.5. The molecule has 1 atom stereocenters. The van der Waals surface area contributed by atoms with Crippen LogP contribution in [-0.4, -0.2) is 52.7 Å². The van der Waals surface area contributed by atoms with Gasteiger partial charge in [-0.1, -0.05) is 0 Å². The van der Waals surface area contributed by atoms with Crippen molar-refractivity contribution in [3.8, 4) is 0 Å². The maximum Gasteiger partial charge on any atom is 0.0808 e. The topological polar surface area (TPSA) is 39.7 Å². The summed E-state index contributed by atoms with van der Waals surface area (Å²) in [5, 5.41) is 3.29. The third-order valence-electron chi connectivity index (χ3n) is 2.70. The molecule has 1 rings (SSSR count). The fraction of sp³-hybridized carbons (Fsp3) is 1.00. The first-order valence-corrected chi connectivity index (χ1v) is 6.32. The van der Waals surface area contributed by atoms with Gasteiger partial charge in [-0.25, -0.2) is 0 Å². The van der Waals surface area contributed by atoms with Crippen LogP contribution in [0.2, 0.25) is 0 Å². The van der Waals surface area contributed by atoms with Gasteiger partial charge in [0.15, 0.2) is 0 Å². The zero-order chi connectivity index (χ0) is 11.5. The van der Waals surface area contributed by atoms with E-state index in [1.807, 2.05) is 0 Å². The van der Waals surface area contributed by atoms with Crippen molar-refractivity contribution < 1.29 is 14.2 Å². The summed E-state index contributed by atoms with van der Waals surface area (Å²) in [5.74, 6) is 0. The second-order valence-electron chi connectivity index (χ2n) is 4.16. The Bertz CT molecular complexity index is 149. The number of hydrogen-bond acceptors (Lipinski definition) is 4. The van der Waals surface area contributed by atoms with Gasteiger partial charge in [0.05, 0.1) is 19.3 Å².